The van der Waals surface area contributed by atoms with Crippen molar-refractivity contribution in [3.05, 3.63) is 237 Å². The largest absolute Gasteiger partial charge is 0.309 e. The van der Waals surface area contributed by atoms with Crippen molar-refractivity contribution in [2.45, 2.75) is 0 Å². The first-order valence-electron chi connectivity index (χ1n) is 24.2. The third-order valence-electron chi connectivity index (χ3n) is 14.4. The molecule has 0 atom stereocenters. The van der Waals surface area contributed by atoms with E-state index in [0.717, 1.165) is 99.2 Å². The number of benzene rings is 10. The Labute approximate surface area is 412 Å². The number of hydrogen-bond donors (Lipinski definition) is 0. The molecule has 15 rings (SSSR count). The van der Waals surface area contributed by atoms with Crippen LogP contribution in [0, 0.1) is 0 Å². The average molecular weight is 918 g/mol. The fourth-order valence-corrected chi connectivity index (χ4v) is 11.1. The number of rotatable bonds is 6. The monoisotopic (exact) mass is 917 g/mol. The van der Waals surface area contributed by atoms with Crippen LogP contribution in [-0.2, 0) is 0 Å². The van der Waals surface area contributed by atoms with Gasteiger partial charge in [-0.2, -0.15) is 0 Å². The number of hydrogen-bond acceptors (Lipinski definition) is 5. The van der Waals surface area contributed by atoms with E-state index in [9.17, 15) is 0 Å². The Morgan fingerprint density at radius 3 is 1.38 bits per heavy atom. The lowest BCUT2D eigenvalue weighted by molar-refractivity contribution is 1.07. The minimum absolute atomic E-state index is 0.593. The predicted octanol–water partition coefficient (Wildman–Crippen LogP) is 16.1. The minimum atomic E-state index is 0.593. The van der Waals surface area contributed by atoms with E-state index < -0.39 is 0 Å². The molecule has 0 aliphatic carbocycles. The highest BCUT2D eigenvalue weighted by Crippen LogP contribution is 2.42. The summed E-state index contributed by atoms with van der Waals surface area (Å²) in [4.78, 5) is 25.3. The van der Waals surface area contributed by atoms with Crippen LogP contribution < -0.4 is 0 Å². The van der Waals surface area contributed by atoms with Gasteiger partial charge in [0.05, 0.1) is 33.1 Å². The van der Waals surface area contributed by atoms with E-state index in [1.807, 2.05) is 85.2 Å². The van der Waals surface area contributed by atoms with Crippen molar-refractivity contribution in [1.82, 2.24) is 34.1 Å². The van der Waals surface area contributed by atoms with E-state index in [1.54, 1.807) is 0 Å². The standard InChI is InChI=1S/C65H39N7/c1-3-13-43(14-4-1)63-68-64(44-15-5-2-6-16-44)70-65(69-63)56-39-48(38-55-49(56)30-26-42-18-12-34-67-62(42)55)72-58-22-10-8-20-51(58)54-36-46(28-32-60(54)72)45-27-31-59-53(35-45)50-19-7-9-21-57(50)71(59)47-29-25-40-23-24-41-17-11-33-66-61(41)52(40)37-47/h1-39H. The zero-order valence-electron chi connectivity index (χ0n) is 38.6. The third-order valence-corrected chi connectivity index (χ3v) is 14.4. The van der Waals surface area contributed by atoms with Gasteiger partial charge in [0, 0.05) is 83.5 Å². The fourth-order valence-electron chi connectivity index (χ4n) is 11.1. The van der Waals surface area contributed by atoms with Crippen molar-refractivity contribution in [3.8, 4) is 56.7 Å². The van der Waals surface area contributed by atoms with Crippen molar-refractivity contribution in [2.24, 2.45) is 0 Å². The highest BCUT2D eigenvalue weighted by atomic mass is 15.0. The van der Waals surface area contributed by atoms with Gasteiger partial charge < -0.3 is 9.13 Å². The lowest BCUT2D eigenvalue weighted by Crippen LogP contribution is -2.02. The average Bonchev–Trinajstić information content (AvgIpc) is 3.97. The summed E-state index contributed by atoms with van der Waals surface area (Å²) in [5, 5.41) is 11.3. The van der Waals surface area contributed by atoms with E-state index in [4.69, 9.17) is 24.9 Å². The van der Waals surface area contributed by atoms with E-state index in [2.05, 4.69) is 161 Å². The molecule has 0 saturated heterocycles. The molecule has 334 valence electrons. The molecule has 0 saturated carbocycles. The number of fused-ring (bicyclic) bond motifs is 12. The molecule has 0 unspecified atom stereocenters. The molecule has 0 amide bonds. The summed E-state index contributed by atoms with van der Waals surface area (Å²) in [6.45, 7) is 0. The van der Waals surface area contributed by atoms with E-state index >= 15 is 0 Å². The topological polar surface area (TPSA) is 74.3 Å². The van der Waals surface area contributed by atoms with Crippen LogP contribution in [0.25, 0.3) is 144 Å². The van der Waals surface area contributed by atoms with Crippen LogP contribution in [0.3, 0.4) is 0 Å². The summed E-state index contributed by atoms with van der Waals surface area (Å²) >= 11 is 0. The molecule has 0 fully saturated rings. The Balaban J connectivity index is 0.919. The maximum absolute atomic E-state index is 5.25. The minimum Gasteiger partial charge on any atom is -0.309 e. The molecule has 0 spiro atoms. The van der Waals surface area contributed by atoms with E-state index in [0.29, 0.717) is 17.5 Å². The Kier molecular flexibility index (Phi) is 8.82. The normalized spacial score (nSPS) is 11.9. The van der Waals surface area contributed by atoms with E-state index in [-0.39, 0.29) is 0 Å². The first-order valence-corrected chi connectivity index (χ1v) is 24.2. The second-order valence-corrected chi connectivity index (χ2v) is 18.5. The molecule has 5 aromatic heterocycles. The predicted molar refractivity (Wildman–Crippen MR) is 296 cm³/mol. The van der Waals surface area contributed by atoms with Crippen molar-refractivity contribution in [2.75, 3.05) is 0 Å². The fraction of sp³-hybridized carbons (Fsp3) is 0. The quantitative estimate of drug-likeness (QED) is 0.155. The summed E-state index contributed by atoms with van der Waals surface area (Å²) in [6, 6.07) is 79.8. The first-order chi connectivity index (χ1) is 35.7. The second kappa shape index (κ2) is 15.8. The van der Waals surface area contributed by atoms with Crippen LogP contribution in [0.4, 0.5) is 0 Å². The lowest BCUT2D eigenvalue weighted by atomic mass is 9.99. The molecule has 15 aromatic rings. The number of para-hydroxylation sites is 2. The second-order valence-electron chi connectivity index (χ2n) is 18.5. The molecule has 10 aromatic carbocycles. The lowest BCUT2D eigenvalue weighted by Gasteiger charge is -2.15. The summed E-state index contributed by atoms with van der Waals surface area (Å²) in [6.07, 6.45) is 3.75. The van der Waals surface area contributed by atoms with Crippen molar-refractivity contribution < 1.29 is 0 Å². The number of pyridine rings is 2. The van der Waals surface area contributed by atoms with Gasteiger partial charge >= 0.3 is 0 Å². The Morgan fingerprint density at radius 2 is 0.750 bits per heavy atom. The van der Waals surface area contributed by atoms with Gasteiger partial charge in [0.1, 0.15) is 0 Å². The Bertz CT molecular complexity index is 4630. The number of nitrogens with zero attached hydrogens (tertiary/aromatic N) is 7. The Morgan fingerprint density at radius 1 is 0.264 bits per heavy atom. The summed E-state index contributed by atoms with van der Waals surface area (Å²) in [5.74, 6) is 1.82. The highest BCUT2D eigenvalue weighted by Gasteiger charge is 2.21. The molecule has 0 bridgehead atoms. The molecule has 72 heavy (non-hydrogen) atoms. The highest BCUT2D eigenvalue weighted by molar-refractivity contribution is 6.15. The van der Waals surface area contributed by atoms with Gasteiger partial charge in [0.15, 0.2) is 17.5 Å². The maximum atomic E-state index is 5.25. The van der Waals surface area contributed by atoms with Crippen LogP contribution in [0.5, 0.6) is 0 Å². The van der Waals surface area contributed by atoms with Gasteiger partial charge in [0.25, 0.3) is 0 Å². The summed E-state index contributed by atoms with van der Waals surface area (Å²) in [5.41, 5.74) is 13.6. The van der Waals surface area contributed by atoms with Crippen molar-refractivity contribution >= 4 is 87.0 Å². The zero-order valence-corrected chi connectivity index (χ0v) is 38.6. The molecular formula is C65H39N7. The van der Waals surface area contributed by atoms with Crippen LogP contribution >= 0.6 is 0 Å². The van der Waals surface area contributed by atoms with Gasteiger partial charge in [-0.3, -0.25) is 9.97 Å². The van der Waals surface area contributed by atoms with Gasteiger partial charge in [-0.05, 0) is 94.7 Å². The summed E-state index contributed by atoms with van der Waals surface area (Å²) < 4.78 is 4.78. The molecule has 0 aliphatic heterocycles. The van der Waals surface area contributed by atoms with Crippen LogP contribution in [0.2, 0.25) is 0 Å². The molecule has 5 heterocycles. The SMILES string of the molecule is c1ccc(-c2nc(-c3ccccc3)nc(-c3cc(-n4c5ccccc5c5cc(-c6ccc7c(c6)c6ccccc6n7-c6ccc7ccc8cccnc8c7c6)ccc54)cc4c3ccc3cccnc34)n2)cc1. The molecule has 0 N–H and O–H groups in total. The molecule has 7 nitrogen and oxygen atoms in total. The number of aromatic nitrogens is 7. The van der Waals surface area contributed by atoms with Crippen LogP contribution in [-0.4, -0.2) is 34.1 Å². The zero-order chi connectivity index (χ0) is 47.3. The first kappa shape index (κ1) is 40.1. The molecule has 7 heteroatoms. The van der Waals surface area contributed by atoms with Crippen molar-refractivity contribution in [3.63, 3.8) is 0 Å². The van der Waals surface area contributed by atoms with Gasteiger partial charge in [-0.15, -0.1) is 0 Å². The molecule has 0 aliphatic rings. The van der Waals surface area contributed by atoms with Crippen LogP contribution in [0.1, 0.15) is 0 Å². The molecular weight excluding hydrogens is 879 g/mol. The Hall–Kier alpha value is -9.85. The maximum Gasteiger partial charge on any atom is 0.164 e. The van der Waals surface area contributed by atoms with Crippen molar-refractivity contribution in [1.29, 1.82) is 0 Å². The van der Waals surface area contributed by atoms with E-state index in [1.165, 1.54) is 26.9 Å². The third kappa shape index (κ3) is 6.27. The molecule has 0 radical (unpaired) electrons. The van der Waals surface area contributed by atoms with Gasteiger partial charge in [0.2, 0.25) is 0 Å². The smallest absolute Gasteiger partial charge is 0.164 e. The van der Waals surface area contributed by atoms with Gasteiger partial charge in [-0.25, -0.2) is 15.0 Å². The van der Waals surface area contributed by atoms with Crippen LogP contribution in [0.15, 0.2) is 237 Å². The van der Waals surface area contributed by atoms with Gasteiger partial charge in [-0.1, -0.05) is 152 Å². The summed E-state index contributed by atoms with van der Waals surface area (Å²) in [7, 11) is 0.